The molecule has 0 atom stereocenters. The Morgan fingerprint density at radius 1 is 1.29 bits per heavy atom. The predicted octanol–water partition coefficient (Wildman–Crippen LogP) is 3.22. The Bertz CT molecular complexity index is 477. The first-order valence-electron chi connectivity index (χ1n) is 5.95. The van der Waals surface area contributed by atoms with Crippen LogP contribution in [0.3, 0.4) is 0 Å². The summed E-state index contributed by atoms with van der Waals surface area (Å²) in [6.07, 6.45) is 5.40. The van der Waals surface area contributed by atoms with E-state index in [1.807, 2.05) is 12.1 Å². The van der Waals surface area contributed by atoms with E-state index in [1.165, 1.54) is 5.56 Å². The Kier molecular flexibility index (Phi) is 3.70. The van der Waals surface area contributed by atoms with E-state index in [4.69, 9.17) is 0 Å². The monoisotopic (exact) mass is 230 g/mol. The summed E-state index contributed by atoms with van der Waals surface area (Å²) >= 11 is 0. The van der Waals surface area contributed by atoms with Crippen LogP contribution in [0.2, 0.25) is 0 Å². The standard InChI is InChI=1S/C14H18N2O/c1-2-7-16-8-6-12(11-16)10-15-13-4-3-5-14(17)9-13/h3-6,8-9,11,15,17H,2,7,10H2,1H3. The third kappa shape index (κ3) is 3.28. The molecule has 90 valence electrons. The van der Waals surface area contributed by atoms with E-state index in [1.54, 1.807) is 12.1 Å². The quantitative estimate of drug-likeness (QED) is 0.827. The van der Waals surface area contributed by atoms with Crippen LogP contribution in [0.25, 0.3) is 0 Å². The number of hydrogen-bond donors (Lipinski definition) is 2. The molecule has 0 spiro atoms. The first kappa shape index (κ1) is 11.6. The van der Waals surface area contributed by atoms with E-state index >= 15 is 0 Å². The topological polar surface area (TPSA) is 37.2 Å². The Morgan fingerprint density at radius 3 is 2.94 bits per heavy atom. The molecular weight excluding hydrogens is 212 g/mol. The van der Waals surface area contributed by atoms with E-state index in [2.05, 4.69) is 35.3 Å². The van der Waals surface area contributed by atoms with Gasteiger partial charge in [-0.25, -0.2) is 0 Å². The minimum Gasteiger partial charge on any atom is -0.508 e. The molecule has 3 nitrogen and oxygen atoms in total. The van der Waals surface area contributed by atoms with E-state index < -0.39 is 0 Å². The molecule has 1 heterocycles. The molecule has 2 rings (SSSR count). The number of hydrogen-bond acceptors (Lipinski definition) is 2. The van der Waals surface area contributed by atoms with Crippen molar-refractivity contribution in [3.05, 3.63) is 48.3 Å². The molecule has 2 aromatic rings. The Labute approximate surface area is 102 Å². The molecule has 0 fully saturated rings. The number of benzene rings is 1. The second-order valence-corrected chi connectivity index (χ2v) is 4.16. The Morgan fingerprint density at radius 2 is 2.18 bits per heavy atom. The first-order chi connectivity index (χ1) is 8.28. The van der Waals surface area contributed by atoms with Crippen molar-refractivity contribution in [2.75, 3.05) is 5.32 Å². The molecule has 0 radical (unpaired) electrons. The molecule has 0 bridgehead atoms. The fraction of sp³-hybridized carbons (Fsp3) is 0.286. The summed E-state index contributed by atoms with van der Waals surface area (Å²) in [5.74, 6) is 0.290. The molecule has 0 aliphatic heterocycles. The highest BCUT2D eigenvalue weighted by molar-refractivity contribution is 5.47. The van der Waals surface area contributed by atoms with Crippen LogP contribution in [-0.2, 0) is 13.1 Å². The van der Waals surface area contributed by atoms with Crippen LogP contribution in [0.5, 0.6) is 5.75 Å². The van der Waals surface area contributed by atoms with Crippen LogP contribution in [0.15, 0.2) is 42.7 Å². The predicted molar refractivity (Wildman–Crippen MR) is 70.2 cm³/mol. The van der Waals surface area contributed by atoms with Crippen molar-refractivity contribution >= 4 is 5.69 Å². The van der Waals surface area contributed by atoms with Crippen LogP contribution in [0.4, 0.5) is 5.69 Å². The van der Waals surface area contributed by atoms with Gasteiger partial charge < -0.3 is 15.0 Å². The number of nitrogens with zero attached hydrogens (tertiary/aromatic N) is 1. The highest BCUT2D eigenvalue weighted by Gasteiger charge is 1.97. The number of rotatable bonds is 5. The second kappa shape index (κ2) is 5.43. The van der Waals surface area contributed by atoms with Gasteiger partial charge in [0.2, 0.25) is 0 Å². The van der Waals surface area contributed by atoms with E-state index in [0.717, 1.165) is 25.2 Å². The van der Waals surface area contributed by atoms with Crippen LogP contribution in [0.1, 0.15) is 18.9 Å². The molecule has 0 amide bonds. The van der Waals surface area contributed by atoms with Gasteiger partial charge in [-0.05, 0) is 30.2 Å². The van der Waals surface area contributed by atoms with Crippen molar-refractivity contribution in [3.8, 4) is 5.75 Å². The summed E-state index contributed by atoms with van der Waals surface area (Å²) in [6.45, 7) is 4.01. The molecule has 0 unspecified atom stereocenters. The average molecular weight is 230 g/mol. The Hall–Kier alpha value is -1.90. The Balaban J connectivity index is 1.93. The van der Waals surface area contributed by atoms with Crippen molar-refractivity contribution < 1.29 is 5.11 Å². The summed E-state index contributed by atoms with van der Waals surface area (Å²) < 4.78 is 2.19. The first-order valence-corrected chi connectivity index (χ1v) is 5.95. The average Bonchev–Trinajstić information content (AvgIpc) is 2.75. The van der Waals surface area contributed by atoms with Gasteiger partial charge in [-0.3, -0.25) is 0 Å². The summed E-state index contributed by atoms with van der Waals surface area (Å²) in [5.41, 5.74) is 2.19. The maximum absolute atomic E-state index is 9.34. The number of aryl methyl sites for hydroxylation is 1. The van der Waals surface area contributed by atoms with Crippen LogP contribution >= 0.6 is 0 Å². The molecule has 2 N–H and O–H groups in total. The van der Waals surface area contributed by atoms with Gasteiger partial charge in [-0.2, -0.15) is 0 Å². The van der Waals surface area contributed by atoms with Crippen LogP contribution < -0.4 is 5.32 Å². The lowest BCUT2D eigenvalue weighted by atomic mass is 10.3. The number of nitrogens with one attached hydrogen (secondary N) is 1. The van der Waals surface area contributed by atoms with Crippen LogP contribution in [-0.4, -0.2) is 9.67 Å². The molecule has 0 saturated carbocycles. The van der Waals surface area contributed by atoms with Gasteiger partial charge in [-0.15, -0.1) is 0 Å². The van der Waals surface area contributed by atoms with E-state index in [0.29, 0.717) is 5.75 Å². The van der Waals surface area contributed by atoms with Crippen molar-refractivity contribution in [2.24, 2.45) is 0 Å². The van der Waals surface area contributed by atoms with Gasteiger partial charge in [-0.1, -0.05) is 13.0 Å². The highest BCUT2D eigenvalue weighted by atomic mass is 16.3. The SMILES string of the molecule is CCCn1ccc(CNc2cccc(O)c2)c1. The van der Waals surface area contributed by atoms with Crippen molar-refractivity contribution in [3.63, 3.8) is 0 Å². The zero-order valence-electron chi connectivity index (χ0n) is 10.1. The molecular formula is C14H18N2O. The zero-order chi connectivity index (χ0) is 12.1. The van der Waals surface area contributed by atoms with Crippen molar-refractivity contribution in [1.29, 1.82) is 0 Å². The molecule has 1 aromatic carbocycles. The highest BCUT2D eigenvalue weighted by Crippen LogP contribution is 2.16. The third-order valence-electron chi connectivity index (χ3n) is 2.64. The summed E-state index contributed by atoms with van der Waals surface area (Å²) in [4.78, 5) is 0. The molecule has 17 heavy (non-hydrogen) atoms. The maximum atomic E-state index is 9.34. The fourth-order valence-electron chi connectivity index (χ4n) is 1.81. The summed E-state index contributed by atoms with van der Waals surface area (Å²) in [7, 11) is 0. The normalized spacial score (nSPS) is 10.4. The number of aromatic nitrogens is 1. The molecule has 1 aromatic heterocycles. The maximum Gasteiger partial charge on any atom is 0.117 e. The minimum atomic E-state index is 0.290. The van der Waals surface area contributed by atoms with Gasteiger partial charge in [0.1, 0.15) is 5.75 Å². The lowest BCUT2D eigenvalue weighted by molar-refractivity contribution is 0.475. The molecule has 0 aliphatic carbocycles. The van der Waals surface area contributed by atoms with E-state index in [9.17, 15) is 5.11 Å². The van der Waals surface area contributed by atoms with Crippen LogP contribution in [0, 0.1) is 0 Å². The van der Waals surface area contributed by atoms with Gasteiger partial charge in [0.15, 0.2) is 0 Å². The lowest BCUT2D eigenvalue weighted by Gasteiger charge is -2.05. The second-order valence-electron chi connectivity index (χ2n) is 4.16. The smallest absolute Gasteiger partial charge is 0.117 e. The zero-order valence-corrected chi connectivity index (χ0v) is 10.1. The van der Waals surface area contributed by atoms with Crippen molar-refractivity contribution in [2.45, 2.75) is 26.4 Å². The number of aromatic hydroxyl groups is 1. The van der Waals surface area contributed by atoms with Gasteiger partial charge in [0, 0.05) is 37.2 Å². The van der Waals surface area contributed by atoms with Gasteiger partial charge in [0.25, 0.3) is 0 Å². The summed E-state index contributed by atoms with van der Waals surface area (Å²) in [6, 6.07) is 9.29. The molecule has 3 heteroatoms. The largest absolute Gasteiger partial charge is 0.508 e. The number of phenols is 1. The van der Waals surface area contributed by atoms with Gasteiger partial charge in [0.05, 0.1) is 0 Å². The molecule has 0 saturated heterocycles. The number of anilines is 1. The van der Waals surface area contributed by atoms with Gasteiger partial charge >= 0.3 is 0 Å². The number of phenolic OH excluding ortho intramolecular Hbond substituents is 1. The molecule has 0 aliphatic rings. The van der Waals surface area contributed by atoms with E-state index in [-0.39, 0.29) is 0 Å². The fourth-order valence-corrected chi connectivity index (χ4v) is 1.81. The van der Waals surface area contributed by atoms with Crippen molar-refractivity contribution in [1.82, 2.24) is 4.57 Å². The minimum absolute atomic E-state index is 0.290. The summed E-state index contributed by atoms with van der Waals surface area (Å²) in [5, 5.41) is 12.6. The lowest BCUT2D eigenvalue weighted by Crippen LogP contribution is -1.98. The third-order valence-corrected chi connectivity index (χ3v) is 2.64.